The Morgan fingerprint density at radius 2 is 1.78 bits per heavy atom. The van der Waals surface area contributed by atoms with E-state index in [0.29, 0.717) is 12.3 Å². The number of carbonyl (C=O) groups is 2. The van der Waals surface area contributed by atoms with Crippen molar-refractivity contribution >= 4 is 43.7 Å². The molecule has 2 aromatic carbocycles. The SMILES string of the molecule is Cc1cc(OCC(=O)N(Cc2cccc(Br)c2)[C@H](C)C(=O)NC2CCCC2)cc(C)c1Br. The van der Waals surface area contributed by atoms with Crippen LogP contribution in [0, 0.1) is 13.8 Å². The molecule has 7 heteroatoms. The summed E-state index contributed by atoms with van der Waals surface area (Å²) < 4.78 is 7.80. The number of hydrogen-bond acceptors (Lipinski definition) is 3. The largest absolute Gasteiger partial charge is 0.484 e. The number of rotatable bonds is 8. The molecule has 0 unspecified atom stereocenters. The van der Waals surface area contributed by atoms with Gasteiger partial charge in [-0.3, -0.25) is 9.59 Å². The van der Waals surface area contributed by atoms with Crippen molar-refractivity contribution in [1.29, 1.82) is 0 Å². The van der Waals surface area contributed by atoms with Crippen molar-refractivity contribution in [2.24, 2.45) is 0 Å². The molecular weight excluding hydrogens is 536 g/mol. The molecule has 2 aromatic rings. The Hall–Kier alpha value is -1.86. The Bertz CT molecular complexity index is 950. The molecule has 172 valence electrons. The molecule has 1 fully saturated rings. The monoisotopic (exact) mass is 564 g/mol. The molecule has 0 spiro atoms. The van der Waals surface area contributed by atoms with Crippen molar-refractivity contribution in [3.8, 4) is 5.75 Å². The highest BCUT2D eigenvalue weighted by Gasteiger charge is 2.28. The van der Waals surface area contributed by atoms with Gasteiger partial charge in [0.25, 0.3) is 5.91 Å². The highest BCUT2D eigenvalue weighted by molar-refractivity contribution is 9.10. The van der Waals surface area contributed by atoms with Crippen molar-refractivity contribution in [1.82, 2.24) is 10.2 Å². The molecule has 1 N–H and O–H groups in total. The van der Waals surface area contributed by atoms with Crippen LogP contribution in [-0.4, -0.2) is 35.4 Å². The molecule has 0 saturated heterocycles. The Morgan fingerprint density at radius 3 is 2.41 bits per heavy atom. The van der Waals surface area contributed by atoms with Gasteiger partial charge in [-0.2, -0.15) is 0 Å². The maximum absolute atomic E-state index is 13.2. The van der Waals surface area contributed by atoms with Gasteiger partial charge in [0.2, 0.25) is 5.91 Å². The van der Waals surface area contributed by atoms with Crippen LogP contribution in [0.15, 0.2) is 45.3 Å². The Kier molecular flexibility index (Phi) is 8.77. The number of carbonyl (C=O) groups excluding carboxylic acids is 2. The molecule has 0 aromatic heterocycles. The van der Waals surface area contributed by atoms with E-state index in [1.807, 2.05) is 50.2 Å². The van der Waals surface area contributed by atoms with Gasteiger partial charge in [0, 0.05) is 21.5 Å². The second-order valence-corrected chi connectivity index (χ2v) is 10.2. The summed E-state index contributed by atoms with van der Waals surface area (Å²) in [5, 5.41) is 3.12. The van der Waals surface area contributed by atoms with Crippen LogP contribution in [-0.2, 0) is 16.1 Å². The number of nitrogens with zero attached hydrogens (tertiary/aromatic N) is 1. The van der Waals surface area contributed by atoms with Crippen LogP contribution in [0.25, 0.3) is 0 Å². The molecule has 1 aliphatic rings. The number of hydrogen-bond donors (Lipinski definition) is 1. The lowest BCUT2D eigenvalue weighted by atomic mass is 10.1. The van der Waals surface area contributed by atoms with Gasteiger partial charge in [0.1, 0.15) is 11.8 Å². The zero-order chi connectivity index (χ0) is 23.3. The third-order valence-corrected chi connectivity index (χ3v) is 7.63. The number of benzene rings is 2. The van der Waals surface area contributed by atoms with Gasteiger partial charge in [-0.25, -0.2) is 0 Å². The van der Waals surface area contributed by atoms with Crippen LogP contribution >= 0.6 is 31.9 Å². The number of nitrogens with one attached hydrogen (secondary N) is 1. The zero-order valence-electron chi connectivity index (χ0n) is 18.8. The molecule has 3 rings (SSSR count). The minimum atomic E-state index is -0.598. The Labute approximate surface area is 207 Å². The molecule has 1 atom stereocenters. The van der Waals surface area contributed by atoms with Crippen molar-refractivity contribution in [3.05, 3.63) is 62.0 Å². The molecule has 0 aliphatic heterocycles. The third-order valence-electron chi connectivity index (χ3n) is 5.88. The fraction of sp³-hybridized carbons (Fsp3) is 0.440. The van der Waals surface area contributed by atoms with Crippen LogP contribution in [0.2, 0.25) is 0 Å². The van der Waals surface area contributed by atoms with Crippen molar-refractivity contribution < 1.29 is 14.3 Å². The molecule has 5 nitrogen and oxygen atoms in total. The van der Waals surface area contributed by atoms with Crippen LogP contribution in [0.5, 0.6) is 5.75 Å². The van der Waals surface area contributed by atoms with E-state index in [4.69, 9.17) is 4.74 Å². The van der Waals surface area contributed by atoms with Crippen LogP contribution in [0.4, 0.5) is 0 Å². The van der Waals surface area contributed by atoms with E-state index in [-0.39, 0.29) is 24.5 Å². The quantitative estimate of drug-likeness (QED) is 0.448. The fourth-order valence-electron chi connectivity index (χ4n) is 4.02. The average molecular weight is 566 g/mol. The topological polar surface area (TPSA) is 58.6 Å². The van der Waals surface area contributed by atoms with Gasteiger partial charge in [-0.1, -0.05) is 56.8 Å². The summed E-state index contributed by atoms with van der Waals surface area (Å²) in [4.78, 5) is 27.8. The summed E-state index contributed by atoms with van der Waals surface area (Å²) >= 11 is 7.03. The summed E-state index contributed by atoms with van der Waals surface area (Å²) in [6.45, 7) is 5.96. The molecule has 0 bridgehead atoms. The van der Waals surface area contributed by atoms with Crippen LogP contribution in [0.3, 0.4) is 0 Å². The highest BCUT2D eigenvalue weighted by Crippen LogP contribution is 2.26. The Morgan fingerprint density at radius 1 is 1.12 bits per heavy atom. The minimum absolute atomic E-state index is 0.115. The molecule has 0 radical (unpaired) electrons. The number of amides is 2. The van der Waals surface area contributed by atoms with Gasteiger partial charge in [0.15, 0.2) is 6.61 Å². The standard InChI is InChI=1S/C25H30Br2N2O3/c1-16-11-22(12-17(2)24(16)27)32-15-23(30)29(14-19-7-6-8-20(26)13-19)18(3)25(31)28-21-9-4-5-10-21/h6-8,11-13,18,21H,4-5,9-10,14-15H2,1-3H3,(H,28,31)/t18-/m1/s1. The summed E-state index contributed by atoms with van der Waals surface area (Å²) in [6, 6.07) is 11.2. The fourth-order valence-corrected chi connectivity index (χ4v) is 4.70. The summed E-state index contributed by atoms with van der Waals surface area (Å²) in [6.07, 6.45) is 4.28. The number of halogens is 2. The van der Waals surface area contributed by atoms with E-state index < -0.39 is 6.04 Å². The van der Waals surface area contributed by atoms with Crippen molar-refractivity contribution in [2.45, 2.75) is 65.1 Å². The first-order chi connectivity index (χ1) is 15.2. The van der Waals surface area contributed by atoms with E-state index in [1.54, 1.807) is 11.8 Å². The van der Waals surface area contributed by atoms with Gasteiger partial charge in [-0.15, -0.1) is 0 Å². The Balaban J connectivity index is 1.74. The molecule has 32 heavy (non-hydrogen) atoms. The summed E-state index contributed by atoms with van der Waals surface area (Å²) in [5.74, 6) is 0.301. The maximum Gasteiger partial charge on any atom is 0.261 e. The first kappa shape index (κ1) is 24.8. The highest BCUT2D eigenvalue weighted by atomic mass is 79.9. The van der Waals surface area contributed by atoms with Crippen molar-refractivity contribution in [2.75, 3.05) is 6.61 Å². The smallest absolute Gasteiger partial charge is 0.261 e. The van der Waals surface area contributed by atoms with Gasteiger partial charge in [0.05, 0.1) is 0 Å². The van der Waals surface area contributed by atoms with Crippen molar-refractivity contribution in [3.63, 3.8) is 0 Å². The normalized spacial score (nSPS) is 14.8. The lowest BCUT2D eigenvalue weighted by Crippen LogP contribution is -2.50. The number of aryl methyl sites for hydroxylation is 2. The molecular formula is C25H30Br2N2O3. The lowest BCUT2D eigenvalue weighted by molar-refractivity contribution is -0.142. The first-order valence-corrected chi connectivity index (χ1v) is 12.6. The molecule has 2 amide bonds. The van der Waals surface area contributed by atoms with E-state index in [9.17, 15) is 9.59 Å². The minimum Gasteiger partial charge on any atom is -0.484 e. The molecule has 1 aliphatic carbocycles. The summed E-state index contributed by atoms with van der Waals surface area (Å²) in [7, 11) is 0. The van der Waals surface area contributed by atoms with Crippen LogP contribution < -0.4 is 10.1 Å². The van der Waals surface area contributed by atoms with E-state index in [2.05, 4.69) is 37.2 Å². The van der Waals surface area contributed by atoms with Gasteiger partial charge < -0.3 is 15.0 Å². The van der Waals surface area contributed by atoms with Gasteiger partial charge in [-0.05, 0) is 74.6 Å². The predicted molar refractivity (Wildman–Crippen MR) is 134 cm³/mol. The second-order valence-electron chi connectivity index (χ2n) is 8.48. The number of ether oxygens (including phenoxy) is 1. The molecule has 1 saturated carbocycles. The zero-order valence-corrected chi connectivity index (χ0v) is 22.0. The third kappa shape index (κ3) is 6.58. The molecule has 0 heterocycles. The lowest BCUT2D eigenvalue weighted by Gasteiger charge is -2.29. The average Bonchev–Trinajstić information content (AvgIpc) is 3.26. The van der Waals surface area contributed by atoms with Crippen LogP contribution in [0.1, 0.15) is 49.3 Å². The van der Waals surface area contributed by atoms with E-state index in [1.165, 1.54) is 0 Å². The summed E-state index contributed by atoms with van der Waals surface area (Å²) in [5.41, 5.74) is 3.04. The van der Waals surface area contributed by atoms with E-state index in [0.717, 1.165) is 51.3 Å². The maximum atomic E-state index is 13.2. The second kappa shape index (κ2) is 11.3. The van der Waals surface area contributed by atoms with Gasteiger partial charge >= 0.3 is 0 Å². The van der Waals surface area contributed by atoms with E-state index >= 15 is 0 Å². The first-order valence-electron chi connectivity index (χ1n) is 11.0. The predicted octanol–water partition coefficient (Wildman–Crippen LogP) is 5.68.